The Hall–Kier alpha value is -0.450. The topological polar surface area (TPSA) is 55.8 Å². The molecule has 142 valence electrons. The summed E-state index contributed by atoms with van der Waals surface area (Å²) in [6.45, 7) is 4.47. The van der Waals surface area contributed by atoms with Gasteiger partial charge in [-0.3, -0.25) is 4.79 Å². The van der Waals surface area contributed by atoms with Gasteiger partial charge in [-0.2, -0.15) is 0 Å². The van der Waals surface area contributed by atoms with Crippen LogP contribution in [0.15, 0.2) is 0 Å². The molecule has 0 aromatic rings. The number of carbonyl (C=O) groups is 1. The molecule has 4 aliphatic carbocycles. The van der Waals surface area contributed by atoms with E-state index in [1.165, 1.54) is 0 Å². The van der Waals surface area contributed by atoms with Gasteiger partial charge in [-0.15, -0.1) is 0 Å². The van der Waals surface area contributed by atoms with Crippen LogP contribution in [0.4, 0.5) is 0 Å². The number of Topliss-reactive ketones (excluding diaryl/α,β-unsaturated/α-hetero) is 1. The predicted molar refractivity (Wildman–Crippen MR) is 94.9 cm³/mol. The molecule has 1 N–H and O–H groups in total. The van der Waals surface area contributed by atoms with Gasteiger partial charge in [-0.05, 0) is 68.6 Å². The van der Waals surface area contributed by atoms with E-state index in [0.29, 0.717) is 30.5 Å². The summed E-state index contributed by atoms with van der Waals surface area (Å²) in [6.07, 6.45) is 8.27. The highest BCUT2D eigenvalue weighted by molar-refractivity contribution is 5.88. The SMILES string of the molecule is COC1(OC)CC[C@@]2(C)[C@@H](CC[C@H]3[C@H]2CC[C@@]2(C)C(=O)CC[C@@]32O)C1. The van der Waals surface area contributed by atoms with Crippen LogP contribution in [0.2, 0.25) is 0 Å². The minimum absolute atomic E-state index is 0.228. The third kappa shape index (κ3) is 2.14. The molecular formula is C21H34O4. The van der Waals surface area contributed by atoms with Crippen molar-refractivity contribution in [3.05, 3.63) is 0 Å². The smallest absolute Gasteiger partial charge is 0.167 e. The van der Waals surface area contributed by atoms with E-state index in [-0.39, 0.29) is 11.3 Å². The second kappa shape index (κ2) is 5.53. The Balaban J connectivity index is 1.65. The Bertz CT molecular complexity index is 570. The van der Waals surface area contributed by atoms with Crippen LogP contribution in [0.3, 0.4) is 0 Å². The van der Waals surface area contributed by atoms with Crippen molar-refractivity contribution in [1.29, 1.82) is 0 Å². The normalized spacial score (nSPS) is 51.6. The van der Waals surface area contributed by atoms with Crippen LogP contribution < -0.4 is 0 Å². The molecule has 4 nitrogen and oxygen atoms in total. The Labute approximate surface area is 151 Å². The molecule has 0 aromatic carbocycles. The monoisotopic (exact) mass is 350 g/mol. The highest BCUT2D eigenvalue weighted by atomic mass is 16.7. The molecule has 0 unspecified atom stereocenters. The van der Waals surface area contributed by atoms with Crippen LogP contribution in [0.25, 0.3) is 0 Å². The lowest BCUT2D eigenvalue weighted by Crippen LogP contribution is -2.63. The summed E-state index contributed by atoms with van der Waals surface area (Å²) >= 11 is 0. The third-order valence-electron chi connectivity index (χ3n) is 9.31. The zero-order chi connectivity index (χ0) is 18.1. The fourth-order valence-corrected chi connectivity index (χ4v) is 7.38. The van der Waals surface area contributed by atoms with E-state index in [1.807, 2.05) is 6.92 Å². The van der Waals surface area contributed by atoms with Crippen LogP contribution in [-0.4, -0.2) is 36.5 Å². The Morgan fingerprint density at radius 1 is 0.960 bits per heavy atom. The van der Waals surface area contributed by atoms with Crippen molar-refractivity contribution in [3.63, 3.8) is 0 Å². The first-order valence-electron chi connectivity index (χ1n) is 10.1. The highest BCUT2D eigenvalue weighted by Gasteiger charge is 2.68. The summed E-state index contributed by atoms with van der Waals surface area (Å²) in [7, 11) is 3.52. The molecule has 0 saturated heterocycles. The molecule has 6 atom stereocenters. The van der Waals surface area contributed by atoms with E-state index < -0.39 is 16.8 Å². The summed E-state index contributed by atoms with van der Waals surface area (Å²) in [6, 6.07) is 0. The summed E-state index contributed by atoms with van der Waals surface area (Å²) in [5, 5.41) is 11.7. The molecule has 0 aliphatic heterocycles. The van der Waals surface area contributed by atoms with Crippen LogP contribution in [0.5, 0.6) is 0 Å². The number of aliphatic hydroxyl groups is 1. The average molecular weight is 350 g/mol. The minimum Gasteiger partial charge on any atom is -0.389 e. The van der Waals surface area contributed by atoms with Crippen molar-refractivity contribution in [1.82, 2.24) is 0 Å². The summed E-state index contributed by atoms with van der Waals surface area (Å²) < 4.78 is 11.5. The fraction of sp³-hybridized carbons (Fsp3) is 0.952. The van der Waals surface area contributed by atoms with E-state index >= 15 is 0 Å². The Morgan fingerprint density at radius 2 is 1.68 bits per heavy atom. The zero-order valence-electron chi connectivity index (χ0n) is 16.3. The molecule has 25 heavy (non-hydrogen) atoms. The lowest BCUT2D eigenvalue weighted by Gasteiger charge is -2.63. The van der Waals surface area contributed by atoms with Gasteiger partial charge in [-0.1, -0.05) is 6.92 Å². The number of ketones is 1. The number of carbonyl (C=O) groups excluding carboxylic acids is 1. The van der Waals surface area contributed by atoms with Crippen molar-refractivity contribution in [2.45, 2.75) is 83.0 Å². The molecule has 4 rings (SSSR count). The van der Waals surface area contributed by atoms with Gasteiger partial charge in [0.2, 0.25) is 0 Å². The van der Waals surface area contributed by atoms with Gasteiger partial charge in [0.15, 0.2) is 5.79 Å². The highest BCUT2D eigenvalue weighted by Crippen LogP contribution is 2.67. The predicted octanol–water partition coefficient (Wildman–Crippen LogP) is 3.70. The number of hydrogen-bond donors (Lipinski definition) is 1. The van der Waals surface area contributed by atoms with Crippen molar-refractivity contribution in [3.8, 4) is 0 Å². The maximum absolute atomic E-state index is 12.5. The molecule has 0 heterocycles. The molecule has 0 aromatic heterocycles. The van der Waals surface area contributed by atoms with Gasteiger partial charge in [0.1, 0.15) is 5.78 Å². The molecule has 4 saturated carbocycles. The standard InChI is InChI=1S/C21H34O4/c1-18-11-12-20(24-3,25-4)13-14(18)5-6-16-15(18)7-9-19(2)17(22)8-10-21(16,19)23/h14-16,23H,5-13H2,1-4H3/t14-,15+,16-,18-,19-,21+/m0/s1. The van der Waals surface area contributed by atoms with Crippen LogP contribution in [-0.2, 0) is 14.3 Å². The van der Waals surface area contributed by atoms with Crippen molar-refractivity contribution in [2.24, 2.45) is 28.6 Å². The second-order valence-electron chi connectivity index (χ2n) is 9.73. The largest absolute Gasteiger partial charge is 0.389 e. The van der Waals surface area contributed by atoms with Gasteiger partial charge in [0.05, 0.1) is 11.0 Å². The van der Waals surface area contributed by atoms with E-state index in [2.05, 4.69) is 6.92 Å². The maximum atomic E-state index is 12.5. The summed E-state index contributed by atoms with van der Waals surface area (Å²) in [5.41, 5.74) is -1.06. The van der Waals surface area contributed by atoms with E-state index in [9.17, 15) is 9.90 Å². The number of hydrogen-bond acceptors (Lipinski definition) is 4. The van der Waals surface area contributed by atoms with Gasteiger partial charge in [0, 0.05) is 33.5 Å². The van der Waals surface area contributed by atoms with E-state index in [0.717, 1.165) is 44.9 Å². The number of fused-ring (bicyclic) bond motifs is 5. The number of ether oxygens (including phenoxy) is 2. The van der Waals surface area contributed by atoms with Gasteiger partial charge in [0.25, 0.3) is 0 Å². The Kier molecular flexibility index (Phi) is 3.97. The van der Waals surface area contributed by atoms with E-state index in [1.54, 1.807) is 14.2 Å². The van der Waals surface area contributed by atoms with Crippen LogP contribution in [0, 0.1) is 28.6 Å². The van der Waals surface area contributed by atoms with Crippen LogP contribution >= 0.6 is 0 Å². The molecule has 4 fully saturated rings. The van der Waals surface area contributed by atoms with E-state index in [4.69, 9.17) is 9.47 Å². The first-order valence-corrected chi connectivity index (χ1v) is 10.1. The fourth-order valence-electron chi connectivity index (χ4n) is 7.38. The molecule has 4 aliphatic rings. The van der Waals surface area contributed by atoms with Gasteiger partial charge >= 0.3 is 0 Å². The Morgan fingerprint density at radius 3 is 2.36 bits per heavy atom. The quantitative estimate of drug-likeness (QED) is 0.772. The van der Waals surface area contributed by atoms with Gasteiger partial charge in [-0.25, -0.2) is 0 Å². The number of methoxy groups -OCH3 is 2. The first kappa shape index (κ1) is 17.9. The third-order valence-corrected chi connectivity index (χ3v) is 9.31. The lowest BCUT2D eigenvalue weighted by molar-refractivity contribution is -0.269. The van der Waals surface area contributed by atoms with Crippen LogP contribution in [0.1, 0.15) is 71.6 Å². The van der Waals surface area contributed by atoms with Crippen molar-refractivity contribution < 1.29 is 19.4 Å². The first-order chi connectivity index (χ1) is 11.7. The molecular weight excluding hydrogens is 316 g/mol. The minimum atomic E-state index is -0.780. The van der Waals surface area contributed by atoms with Crippen molar-refractivity contribution >= 4 is 5.78 Å². The zero-order valence-corrected chi connectivity index (χ0v) is 16.3. The summed E-state index contributed by atoms with van der Waals surface area (Å²) in [4.78, 5) is 12.5. The molecule has 4 heteroatoms. The van der Waals surface area contributed by atoms with Gasteiger partial charge < -0.3 is 14.6 Å². The lowest BCUT2D eigenvalue weighted by atomic mass is 9.43. The molecule has 0 bridgehead atoms. The maximum Gasteiger partial charge on any atom is 0.167 e. The summed E-state index contributed by atoms with van der Waals surface area (Å²) in [5.74, 6) is 1.23. The van der Waals surface area contributed by atoms with Crippen molar-refractivity contribution in [2.75, 3.05) is 14.2 Å². The number of rotatable bonds is 2. The molecule has 0 amide bonds. The second-order valence-corrected chi connectivity index (χ2v) is 9.73. The molecule has 0 radical (unpaired) electrons. The average Bonchev–Trinajstić information content (AvgIpc) is 2.86. The molecule has 0 spiro atoms.